The molecule has 0 aliphatic heterocycles. The minimum Gasteiger partial charge on any atom is -0.504 e. The van der Waals surface area contributed by atoms with Gasteiger partial charge in [0.25, 0.3) is 5.69 Å². The number of aryl methyl sites for hydroxylation is 1. The second-order valence-electron chi connectivity index (χ2n) is 5.16. The first-order valence-corrected chi connectivity index (χ1v) is 7.03. The summed E-state index contributed by atoms with van der Waals surface area (Å²) in [5.74, 6) is -1.13. The zero-order valence-electron chi connectivity index (χ0n) is 12.8. The van der Waals surface area contributed by atoms with E-state index in [2.05, 4.69) is 10.2 Å². The smallest absolute Gasteiger partial charge is 0.336 e. The molecular formula is C16H11N3O6. The van der Waals surface area contributed by atoms with Crippen molar-refractivity contribution in [2.45, 2.75) is 6.92 Å². The molecule has 3 aromatic rings. The number of nitro groups is 1. The van der Waals surface area contributed by atoms with Crippen LogP contribution in [0.5, 0.6) is 11.5 Å². The standard InChI is InChI=1S/C16H11N3O6/c1-8-6-13(21)25-16-9(8)7-12(20)15(22)14(16)18-17-10-4-2-3-5-11(10)19(23)24/h2-7,20,22H,1H3. The fourth-order valence-corrected chi connectivity index (χ4v) is 2.31. The molecule has 25 heavy (non-hydrogen) atoms. The van der Waals surface area contributed by atoms with Crippen LogP contribution in [0.3, 0.4) is 0 Å². The topological polar surface area (TPSA) is 139 Å². The van der Waals surface area contributed by atoms with Crippen molar-refractivity contribution in [2.75, 3.05) is 0 Å². The number of rotatable bonds is 3. The maximum Gasteiger partial charge on any atom is 0.336 e. The number of hydrogen-bond donors (Lipinski definition) is 2. The molecule has 0 spiro atoms. The van der Waals surface area contributed by atoms with Crippen LogP contribution in [-0.2, 0) is 0 Å². The first-order valence-electron chi connectivity index (χ1n) is 7.03. The normalized spacial score (nSPS) is 11.2. The first kappa shape index (κ1) is 16.1. The summed E-state index contributed by atoms with van der Waals surface area (Å²) >= 11 is 0. The fourth-order valence-electron chi connectivity index (χ4n) is 2.31. The third-order valence-corrected chi connectivity index (χ3v) is 3.51. The fraction of sp³-hybridized carbons (Fsp3) is 0.0625. The second-order valence-corrected chi connectivity index (χ2v) is 5.16. The molecule has 0 aliphatic rings. The van der Waals surface area contributed by atoms with Crippen LogP contribution in [0.2, 0.25) is 0 Å². The van der Waals surface area contributed by atoms with E-state index >= 15 is 0 Å². The highest BCUT2D eigenvalue weighted by molar-refractivity contribution is 5.94. The Hall–Kier alpha value is -3.75. The number of fused-ring (bicyclic) bond motifs is 1. The van der Waals surface area contributed by atoms with Gasteiger partial charge in [-0.1, -0.05) is 12.1 Å². The van der Waals surface area contributed by atoms with Crippen LogP contribution in [0, 0.1) is 17.0 Å². The van der Waals surface area contributed by atoms with E-state index in [-0.39, 0.29) is 22.6 Å². The Balaban J connectivity index is 2.24. The average Bonchev–Trinajstić information content (AvgIpc) is 2.56. The summed E-state index contributed by atoms with van der Waals surface area (Å²) in [7, 11) is 0. The Morgan fingerprint density at radius 2 is 1.88 bits per heavy atom. The molecule has 2 aromatic carbocycles. The molecule has 9 heteroatoms. The molecule has 0 saturated carbocycles. The van der Waals surface area contributed by atoms with Crippen molar-refractivity contribution in [3.8, 4) is 11.5 Å². The van der Waals surface area contributed by atoms with E-state index in [1.54, 1.807) is 6.92 Å². The van der Waals surface area contributed by atoms with Crippen LogP contribution in [0.1, 0.15) is 5.56 Å². The molecular weight excluding hydrogens is 330 g/mol. The maximum absolute atomic E-state index is 11.6. The Bertz CT molecular complexity index is 1090. The van der Waals surface area contributed by atoms with Crippen molar-refractivity contribution in [3.05, 3.63) is 62.5 Å². The van der Waals surface area contributed by atoms with Gasteiger partial charge in [0.2, 0.25) is 0 Å². The Kier molecular flexibility index (Phi) is 3.89. The Morgan fingerprint density at radius 3 is 2.60 bits per heavy atom. The van der Waals surface area contributed by atoms with Crippen LogP contribution in [0.15, 0.2) is 55.8 Å². The van der Waals surface area contributed by atoms with Gasteiger partial charge in [-0.15, -0.1) is 10.2 Å². The number of hydrogen-bond acceptors (Lipinski definition) is 8. The van der Waals surface area contributed by atoms with Crippen molar-refractivity contribution in [1.29, 1.82) is 0 Å². The highest BCUT2D eigenvalue weighted by Gasteiger charge is 2.18. The Morgan fingerprint density at radius 1 is 1.16 bits per heavy atom. The average molecular weight is 341 g/mol. The molecule has 0 aliphatic carbocycles. The van der Waals surface area contributed by atoms with Crippen molar-refractivity contribution in [2.24, 2.45) is 10.2 Å². The van der Waals surface area contributed by atoms with Crippen LogP contribution in [-0.4, -0.2) is 15.1 Å². The predicted octanol–water partition coefficient (Wildman–Crippen LogP) is 3.84. The highest BCUT2D eigenvalue weighted by atomic mass is 16.6. The lowest BCUT2D eigenvalue weighted by molar-refractivity contribution is -0.384. The number of nitro benzene ring substituents is 1. The van der Waals surface area contributed by atoms with Gasteiger partial charge in [-0.05, 0) is 24.6 Å². The van der Waals surface area contributed by atoms with Gasteiger partial charge < -0.3 is 14.6 Å². The largest absolute Gasteiger partial charge is 0.504 e. The molecule has 3 rings (SSSR count). The molecule has 1 heterocycles. The summed E-state index contributed by atoms with van der Waals surface area (Å²) in [6.07, 6.45) is 0. The van der Waals surface area contributed by atoms with Gasteiger partial charge in [0.1, 0.15) is 0 Å². The van der Waals surface area contributed by atoms with Crippen molar-refractivity contribution in [3.63, 3.8) is 0 Å². The molecule has 0 saturated heterocycles. The monoisotopic (exact) mass is 341 g/mol. The summed E-state index contributed by atoms with van der Waals surface area (Å²) in [5.41, 5.74) is -0.885. The SMILES string of the molecule is Cc1cc(=O)oc2c(N=Nc3ccccc3[N+](=O)[O-])c(O)c(O)cc12. The molecule has 0 unspecified atom stereocenters. The molecule has 0 bridgehead atoms. The number of benzene rings is 2. The predicted molar refractivity (Wildman–Crippen MR) is 87.8 cm³/mol. The lowest BCUT2D eigenvalue weighted by Gasteiger charge is -2.06. The van der Waals surface area contributed by atoms with Crippen LogP contribution >= 0.6 is 0 Å². The van der Waals surface area contributed by atoms with E-state index in [0.717, 1.165) is 0 Å². The number of para-hydroxylation sites is 1. The van der Waals surface area contributed by atoms with E-state index in [1.165, 1.54) is 36.4 Å². The third-order valence-electron chi connectivity index (χ3n) is 3.51. The van der Waals surface area contributed by atoms with Crippen LogP contribution < -0.4 is 5.63 Å². The highest BCUT2D eigenvalue weighted by Crippen LogP contribution is 2.43. The van der Waals surface area contributed by atoms with Crippen LogP contribution in [0.25, 0.3) is 11.0 Å². The molecule has 2 N–H and O–H groups in total. The minimum atomic E-state index is -0.669. The lowest BCUT2D eigenvalue weighted by atomic mass is 10.1. The molecule has 126 valence electrons. The number of aromatic hydroxyl groups is 2. The van der Waals surface area contributed by atoms with Crippen LogP contribution in [0.4, 0.5) is 17.1 Å². The van der Waals surface area contributed by atoms with Crippen molar-refractivity contribution < 1.29 is 19.6 Å². The second kappa shape index (κ2) is 6.04. The number of nitrogens with zero attached hydrogens (tertiary/aromatic N) is 3. The Labute approximate surface area is 139 Å². The van der Waals surface area contributed by atoms with E-state index in [9.17, 15) is 25.1 Å². The molecule has 0 fully saturated rings. The minimum absolute atomic E-state index is 0.0570. The van der Waals surface area contributed by atoms with E-state index < -0.39 is 22.0 Å². The quantitative estimate of drug-likeness (QED) is 0.244. The summed E-state index contributed by atoms with van der Waals surface area (Å²) in [5, 5.41) is 38.8. The number of phenolic OH excluding ortho intramolecular Hbond substituents is 2. The van der Waals surface area contributed by atoms with Gasteiger partial charge >= 0.3 is 5.63 Å². The van der Waals surface area contributed by atoms with E-state index in [1.807, 2.05) is 0 Å². The molecule has 0 atom stereocenters. The maximum atomic E-state index is 11.6. The van der Waals surface area contributed by atoms with E-state index in [0.29, 0.717) is 10.9 Å². The van der Waals surface area contributed by atoms with Gasteiger partial charge in [0.05, 0.1) is 4.92 Å². The number of phenols is 2. The molecule has 1 aromatic heterocycles. The third kappa shape index (κ3) is 2.90. The van der Waals surface area contributed by atoms with Gasteiger partial charge in [-0.3, -0.25) is 10.1 Å². The molecule has 0 amide bonds. The van der Waals surface area contributed by atoms with Gasteiger partial charge in [-0.25, -0.2) is 4.79 Å². The van der Waals surface area contributed by atoms with Crippen molar-refractivity contribution >= 4 is 28.0 Å². The van der Waals surface area contributed by atoms with Gasteiger partial charge in [0, 0.05) is 17.5 Å². The summed E-state index contributed by atoms with van der Waals surface area (Å²) in [6.45, 7) is 1.62. The lowest BCUT2D eigenvalue weighted by Crippen LogP contribution is -1.98. The number of azo groups is 1. The zero-order chi connectivity index (χ0) is 18.1. The summed E-state index contributed by atoms with van der Waals surface area (Å²) in [4.78, 5) is 22.0. The van der Waals surface area contributed by atoms with Crippen molar-refractivity contribution in [1.82, 2.24) is 0 Å². The van der Waals surface area contributed by atoms with Gasteiger partial charge in [0.15, 0.2) is 28.5 Å². The first-order chi connectivity index (χ1) is 11.9. The molecule has 0 radical (unpaired) electrons. The molecule has 9 nitrogen and oxygen atoms in total. The van der Waals surface area contributed by atoms with E-state index in [4.69, 9.17) is 4.42 Å². The summed E-state index contributed by atoms with van der Waals surface area (Å²) < 4.78 is 5.06. The zero-order valence-corrected chi connectivity index (χ0v) is 12.8. The summed E-state index contributed by atoms with van der Waals surface area (Å²) in [6, 6.07) is 8.08. The van der Waals surface area contributed by atoms with Gasteiger partial charge in [-0.2, -0.15) is 0 Å².